The summed E-state index contributed by atoms with van der Waals surface area (Å²) in [6.07, 6.45) is 0.240. The van der Waals surface area contributed by atoms with E-state index in [4.69, 9.17) is 0 Å². The number of nitrogens with zero attached hydrogens (tertiary/aromatic N) is 2. The van der Waals surface area contributed by atoms with E-state index in [1.54, 1.807) is 19.1 Å². The Morgan fingerprint density at radius 2 is 2.14 bits per heavy atom. The molecule has 1 unspecified atom stereocenters. The molecule has 114 valence electrons. The Hall–Kier alpha value is -1.99. The molecule has 1 atom stereocenters. The first-order valence-electron chi connectivity index (χ1n) is 6.86. The lowest BCUT2D eigenvalue weighted by Crippen LogP contribution is -2.59. The van der Waals surface area contributed by atoms with Gasteiger partial charge < -0.3 is 10.4 Å². The van der Waals surface area contributed by atoms with Gasteiger partial charge in [-0.25, -0.2) is 0 Å². The molecular formula is C14H19N3O4. The van der Waals surface area contributed by atoms with Gasteiger partial charge in [0.2, 0.25) is 0 Å². The number of nitro groups is 1. The maximum atomic E-state index is 11.7. The van der Waals surface area contributed by atoms with Crippen molar-refractivity contribution in [2.24, 2.45) is 0 Å². The molecule has 1 saturated heterocycles. The van der Waals surface area contributed by atoms with E-state index in [2.05, 4.69) is 5.32 Å². The largest absolute Gasteiger partial charge is 0.480 e. The molecule has 0 amide bonds. The Kier molecular flexibility index (Phi) is 4.54. The van der Waals surface area contributed by atoms with Crippen LogP contribution in [0.5, 0.6) is 0 Å². The highest BCUT2D eigenvalue weighted by molar-refractivity contribution is 5.78. The van der Waals surface area contributed by atoms with E-state index in [1.807, 2.05) is 4.90 Å². The molecule has 1 aromatic rings. The number of nitrogens with one attached hydrogen (secondary N) is 1. The molecule has 1 aromatic carbocycles. The van der Waals surface area contributed by atoms with Crippen molar-refractivity contribution in [2.45, 2.75) is 18.9 Å². The van der Waals surface area contributed by atoms with Gasteiger partial charge >= 0.3 is 5.97 Å². The van der Waals surface area contributed by atoms with Gasteiger partial charge in [-0.05, 0) is 12.5 Å². The predicted molar refractivity (Wildman–Crippen MR) is 77.3 cm³/mol. The Labute approximate surface area is 122 Å². The molecule has 0 aromatic heterocycles. The molecule has 0 aliphatic carbocycles. The van der Waals surface area contributed by atoms with Crippen molar-refractivity contribution in [1.82, 2.24) is 10.2 Å². The first kappa shape index (κ1) is 15.4. The monoisotopic (exact) mass is 293 g/mol. The second kappa shape index (κ2) is 6.19. The average molecular weight is 293 g/mol. The number of benzene rings is 1. The Morgan fingerprint density at radius 1 is 1.48 bits per heavy atom. The minimum absolute atomic E-state index is 0.0134. The maximum absolute atomic E-state index is 11.7. The van der Waals surface area contributed by atoms with E-state index >= 15 is 0 Å². The number of rotatable bonds is 5. The van der Waals surface area contributed by atoms with Crippen LogP contribution in [-0.2, 0) is 11.2 Å². The van der Waals surface area contributed by atoms with Crippen LogP contribution in [0.3, 0.4) is 0 Å². The second-order valence-corrected chi connectivity index (χ2v) is 5.42. The highest BCUT2D eigenvalue weighted by Gasteiger charge is 2.40. The smallest absolute Gasteiger partial charge is 0.324 e. The third-order valence-corrected chi connectivity index (χ3v) is 3.95. The number of hydrogen-bond acceptors (Lipinski definition) is 5. The number of carbonyl (C=O) groups is 1. The minimum atomic E-state index is -1.06. The maximum Gasteiger partial charge on any atom is 0.324 e. The molecule has 2 rings (SSSR count). The van der Waals surface area contributed by atoms with Crippen LogP contribution in [0.1, 0.15) is 12.5 Å². The third kappa shape index (κ3) is 3.37. The zero-order valence-electron chi connectivity index (χ0n) is 11.9. The van der Waals surface area contributed by atoms with Crippen LogP contribution >= 0.6 is 0 Å². The number of carboxylic acids is 1. The minimum Gasteiger partial charge on any atom is -0.480 e. The van der Waals surface area contributed by atoms with Crippen molar-refractivity contribution >= 4 is 11.7 Å². The van der Waals surface area contributed by atoms with E-state index in [0.717, 1.165) is 13.1 Å². The van der Waals surface area contributed by atoms with Gasteiger partial charge in [0, 0.05) is 44.7 Å². The van der Waals surface area contributed by atoms with Gasteiger partial charge in [-0.1, -0.05) is 12.1 Å². The normalized spacial score (nSPS) is 18.9. The molecule has 0 saturated carbocycles. The van der Waals surface area contributed by atoms with E-state index < -0.39 is 16.4 Å². The number of carboxylic acid groups (broad SMARTS) is 1. The molecule has 0 bridgehead atoms. The number of aliphatic carboxylic acids is 1. The topological polar surface area (TPSA) is 95.7 Å². The van der Waals surface area contributed by atoms with E-state index in [0.29, 0.717) is 18.7 Å². The molecule has 1 heterocycles. The van der Waals surface area contributed by atoms with E-state index in [1.165, 1.54) is 12.1 Å². The zero-order valence-corrected chi connectivity index (χ0v) is 11.9. The molecule has 2 N–H and O–H groups in total. The van der Waals surface area contributed by atoms with Crippen LogP contribution < -0.4 is 5.32 Å². The summed E-state index contributed by atoms with van der Waals surface area (Å²) < 4.78 is 0. The second-order valence-electron chi connectivity index (χ2n) is 5.42. The fourth-order valence-electron chi connectivity index (χ4n) is 2.66. The van der Waals surface area contributed by atoms with Gasteiger partial charge in [-0.2, -0.15) is 0 Å². The summed E-state index contributed by atoms with van der Waals surface area (Å²) >= 11 is 0. The Morgan fingerprint density at radius 3 is 2.71 bits per heavy atom. The number of piperazine rings is 1. The molecule has 1 aliphatic heterocycles. The molecule has 0 spiro atoms. The van der Waals surface area contributed by atoms with E-state index in [9.17, 15) is 20.0 Å². The molecule has 21 heavy (non-hydrogen) atoms. The first-order valence-corrected chi connectivity index (χ1v) is 6.86. The lowest BCUT2D eigenvalue weighted by molar-refractivity contribution is -0.384. The van der Waals surface area contributed by atoms with Gasteiger partial charge in [0.1, 0.15) is 5.54 Å². The summed E-state index contributed by atoms with van der Waals surface area (Å²) in [7, 11) is 0. The highest BCUT2D eigenvalue weighted by atomic mass is 16.6. The fourth-order valence-corrected chi connectivity index (χ4v) is 2.66. The molecule has 0 radical (unpaired) electrons. The van der Waals surface area contributed by atoms with Crippen LogP contribution in [0.15, 0.2) is 24.3 Å². The third-order valence-electron chi connectivity index (χ3n) is 3.95. The number of nitro benzene ring substituents is 1. The van der Waals surface area contributed by atoms with Crippen molar-refractivity contribution < 1.29 is 14.8 Å². The number of hydrogen-bond donors (Lipinski definition) is 2. The summed E-state index contributed by atoms with van der Waals surface area (Å²) in [5.74, 6) is -0.907. The van der Waals surface area contributed by atoms with Gasteiger partial charge in [-0.3, -0.25) is 19.8 Å². The van der Waals surface area contributed by atoms with Crippen molar-refractivity contribution in [2.75, 3.05) is 26.2 Å². The van der Waals surface area contributed by atoms with Crippen molar-refractivity contribution in [3.8, 4) is 0 Å². The van der Waals surface area contributed by atoms with Crippen molar-refractivity contribution in [3.05, 3.63) is 39.9 Å². The Bertz CT molecular complexity index is 543. The summed E-state index contributed by atoms with van der Waals surface area (Å²) in [6, 6.07) is 6.18. The first-order chi connectivity index (χ1) is 9.93. The highest BCUT2D eigenvalue weighted by Crippen LogP contribution is 2.24. The van der Waals surface area contributed by atoms with Gasteiger partial charge in [0.25, 0.3) is 5.69 Å². The van der Waals surface area contributed by atoms with Crippen LogP contribution in [0, 0.1) is 10.1 Å². The predicted octanol–water partition coefficient (Wildman–Crippen LogP) is 0.886. The SMILES string of the molecule is CC(Cc1cccc([N+](=O)[O-])c1)(C(=O)O)N1CCNCC1. The molecule has 7 nitrogen and oxygen atoms in total. The van der Waals surface area contributed by atoms with E-state index in [-0.39, 0.29) is 12.1 Å². The van der Waals surface area contributed by atoms with Gasteiger partial charge in [0.05, 0.1) is 4.92 Å². The Balaban J connectivity index is 2.25. The zero-order chi connectivity index (χ0) is 15.5. The van der Waals surface area contributed by atoms with Crippen molar-refractivity contribution in [1.29, 1.82) is 0 Å². The summed E-state index contributed by atoms with van der Waals surface area (Å²) in [6.45, 7) is 4.48. The van der Waals surface area contributed by atoms with Crippen molar-refractivity contribution in [3.63, 3.8) is 0 Å². The van der Waals surface area contributed by atoms with Gasteiger partial charge in [-0.15, -0.1) is 0 Å². The molecule has 1 aliphatic rings. The van der Waals surface area contributed by atoms with Crippen LogP contribution in [0.25, 0.3) is 0 Å². The summed E-state index contributed by atoms with van der Waals surface area (Å²) in [5, 5.41) is 23.6. The van der Waals surface area contributed by atoms with Crippen LogP contribution in [-0.4, -0.2) is 52.6 Å². The summed E-state index contributed by atoms with van der Waals surface area (Å²) in [4.78, 5) is 24.0. The standard InChI is InChI=1S/C14H19N3O4/c1-14(13(18)19,16-7-5-15-6-8-16)10-11-3-2-4-12(9-11)17(20)21/h2-4,9,15H,5-8,10H2,1H3,(H,18,19). The quantitative estimate of drug-likeness (QED) is 0.618. The molecular weight excluding hydrogens is 274 g/mol. The molecule has 7 heteroatoms. The lowest BCUT2D eigenvalue weighted by atomic mass is 9.90. The van der Waals surface area contributed by atoms with Gasteiger partial charge in [0.15, 0.2) is 0 Å². The lowest BCUT2D eigenvalue weighted by Gasteiger charge is -2.40. The summed E-state index contributed by atoms with van der Waals surface area (Å²) in [5.41, 5.74) is -0.412. The van der Waals surface area contributed by atoms with Crippen LogP contribution in [0.4, 0.5) is 5.69 Å². The average Bonchev–Trinajstić information content (AvgIpc) is 2.48. The fraction of sp³-hybridized carbons (Fsp3) is 0.500. The molecule has 1 fully saturated rings. The van der Waals surface area contributed by atoms with Crippen LogP contribution in [0.2, 0.25) is 0 Å². The number of non-ortho nitro benzene ring substituents is 1.